The summed E-state index contributed by atoms with van der Waals surface area (Å²) in [5.41, 5.74) is 0.113. The first kappa shape index (κ1) is 9.39. The number of hydrogen-bond donors (Lipinski definition) is 0. The van der Waals surface area contributed by atoms with Gasteiger partial charge in [-0.25, -0.2) is 0 Å². The van der Waals surface area contributed by atoms with Crippen LogP contribution in [0.4, 0.5) is 0 Å². The molecular formula is C9H16BNO. The van der Waals surface area contributed by atoms with E-state index in [9.17, 15) is 0 Å². The van der Waals surface area contributed by atoms with Gasteiger partial charge >= 0.3 is 7.05 Å². The van der Waals surface area contributed by atoms with Crippen LogP contribution < -0.4 is 0 Å². The van der Waals surface area contributed by atoms with Crippen LogP contribution in [0.1, 0.15) is 20.8 Å². The third-order valence-electron chi connectivity index (χ3n) is 1.92. The van der Waals surface area contributed by atoms with Crippen molar-refractivity contribution in [2.75, 3.05) is 7.11 Å². The van der Waals surface area contributed by atoms with Crippen LogP contribution >= 0.6 is 0 Å². The summed E-state index contributed by atoms with van der Waals surface area (Å²) in [6.07, 6.45) is 6.10. The molecule has 1 aliphatic rings. The van der Waals surface area contributed by atoms with Gasteiger partial charge in [-0.3, -0.25) is 0 Å². The Morgan fingerprint density at radius 1 is 1.25 bits per heavy atom. The van der Waals surface area contributed by atoms with Gasteiger partial charge in [0.2, 0.25) is 0 Å². The molecule has 1 heterocycles. The summed E-state index contributed by atoms with van der Waals surface area (Å²) in [7, 11) is 1.81. The molecule has 66 valence electrons. The number of nitrogens with zero attached hydrogens (tertiary/aromatic N) is 1. The zero-order valence-electron chi connectivity index (χ0n) is 8.24. The standard InChI is InChI=1S/C9H16BNO/c1-9(2,3)11-8-6-5-7-10(11)12-4/h5-8H,1-4H3. The summed E-state index contributed by atoms with van der Waals surface area (Å²) in [4.78, 5) is 2.19. The molecule has 1 aliphatic heterocycles. The van der Waals surface area contributed by atoms with Gasteiger partial charge in [0, 0.05) is 12.6 Å². The number of hydrogen-bond acceptors (Lipinski definition) is 2. The zero-order chi connectivity index (χ0) is 9.19. The first-order chi connectivity index (χ1) is 5.55. The highest BCUT2D eigenvalue weighted by molar-refractivity contribution is 6.55. The van der Waals surface area contributed by atoms with Crippen LogP contribution in [0.3, 0.4) is 0 Å². The van der Waals surface area contributed by atoms with Crippen molar-refractivity contribution in [3.05, 3.63) is 24.3 Å². The lowest BCUT2D eigenvalue weighted by Gasteiger charge is -2.38. The first-order valence-corrected chi connectivity index (χ1v) is 4.22. The fourth-order valence-corrected chi connectivity index (χ4v) is 1.28. The maximum atomic E-state index is 5.32. The smallest absolute Gasteiger partial charge is 0.416 e. The van der Waals surface area contributed by atoms with Crippen LogP contribution in [0, 0.1) is 0 Å². The Morgan fingerprint density at radius 2 is 1.92 bits per heavy atom. The summed E-state index contributed by atoms with van der Waals surface area (Å²) >= 11 is 0. The molecule has 0 N–H and O–H groups in total. The first-order valence-electron chi connectivity index (χ1n) is 4.22. The third-order valence-corrected chi connectivity index (χ3v) is 1.92. The lowest BCUT2D eigenvalue weighted by molar-refractivity contribution is 0.265. The Labute approximate surface area is 75.0 Å². The molecule has 0 bridgehead atoms. The molecule has 12 heavy (non-hydrogen) atoms. The minimum atomic E-state index is 0.0787. The Hall–Kier alpha value is -0.695. The highest BCUT2D eigenvalue weighted by Crippen LogP contribution is 2.18. The summed E-state index contributed by atoms with van der Waals surface area (Å²) in [6, 6.07) is 0. The molecule has 0 saturated carbocycles. The van der Waals surface area contributed by atoms with Crippen molar-refractivity contribution < 1.29 is 4.65 Å². The van der Waals surface area contributed by atoms with Crippen molar-refractivity contribution in [2.24, 2.45) is 0 Å². The Morgan fingerprint density at radius 3 is 2.33 bits per heavy atom. The minimum absolute atomic E-state index is 0.0787. The highest BCUT2D eigenvalue weighted by Gasteiger charge is 2.29. The molecular weight excluding hydrogens is 149 g/mol. The van der Waals surface area contributed by atoms with E-state index in [1.165, 1.54) is 0 Å². The van der Waals surface area contributed by atoms with Gasteiger partial charge in [-0.15, -0.1) is 0 Å². The van der Waals surface area contributed by atoms with Gasteiger partial charge in [0.15, 0.2) is 0 Å². The maximum Gasteiger partial charge on any atom is 0.444 e. The van der Waals surface area contributed by atoms with Crippen molar-refractivity contribution in [2.45, 2.75) is 26.3 Å². The molecule has 0 amide bonds. The molecule has 0 atom stereocenters. The third kappa shape index (κ3) is 1.92. The van der Waals surface area contributed by atoms with Crippen molar-refractivity contribution in [1.29, 1.82) is 0 Å². The van der Waals surface area contributed by atoms with Crippen LogP contribution in [0.5, 0.6) is 0 Å². The lowest BCUT2D eigenvalue weighted by atomic mass is 9.74. The molecule has 0 spiro atoms. The van der Waals surface area contributed by atoms with E-state index in [1.807, 2.05) is 18.1 Å². The second-order valence-electron chi connectivity index (χ2n) is 3.93. The SMILES string of the molecule is COB1C=CC=CN1C(C)(C)C. The molecule has 0 unspecified atom stereocenters. The van der Waals surface area contributed by atoms with E-state index in [0.29, 0.717) is 0 Å². The molecule has 0 aromatic carbocycles. The predicted molar refractivity (Wildman–Crippen MR) is 52.6 cm³/mol. The summed E-state index contributed by atoms with van der Waals surface area (Å²) in [5.74, 6) is 2.05. The second-order valence-corrected chi connectivity index (χ2v) is 3.93. The van der Waals surface area contributed by atoms with Crippen LogP contribution in [0.2, 0.25) is 0 Å². The van der Waals surface area contributed by atoms with Gasteiger partial charge in [0.1, 0.15) is 0 Å². The maximum absolute atomic E-state index is 5.32. The van der Waals surface area contributed by atoms with Gasteiger partial charge in [-0.1, -0.05) is 12.1 Å². The second kappa shape index (κ2) is 3.36. The minimum Gasteiger partial charge on any atom is -0.416 e. The molecule has 0 fully saturated rings. The topological polar surface area (TPSA) is 12.5 Å². The van der Waals surface area contributed by atoms with Crippen LogP contribution in [0.15, 0.2) is 24.3 Å². The van der Waals surface area contributed by atoms with E-state index in [4.69, 9.17) is 4.65 Å². The molecule has 2 nitrogen and oxygen atoms in total. The van der Waals surface area contributed by atoms with E-state index in [2.05, 4.69) is 31.8 Å². The molecule has 0 aromatic rings. The Balaban J connectivity index is 2.76. The Bertz CT molecular complexity index is 205. The fourth-order valence-electron chi connectivity index (χ4n) is 1.28. The molecule has 3 heteroatoms. The van der Waals surface area contributed by atoms with Gasteiger partial charge < -0.3 is 9.47 Å². The molecule has 0 aromatic heterocycles. The molecule has 0 aliphatic carbocycles. The monoisotopic (exact) mass is 165 g/mol. The van der Waals surface area contributed by atoms with Crippen molar-refractivity contribution in [3.8, 4) is 0 Å². The fraction of sp³-hybridized carbons (Fsp3) is 0.556. The van der Waals surface area contributed by atoms with E-state index in [-0.39, 0.29) is 12.6 Å². The Kier molecular flexibility index (Phi) is 2.63. The van der Waals surface area contributed by atoms with Crippen molar-refractivity contribution >= 4 is 7.05 Å². The summed E-state index contributed by atoms with van der Waals surface area (Å²) in [6.45, 7) is 6.51. The zero-order valence-corrected chi connectivity index (χ0v) is 8.24. The average molecular weight is 165 g/mol. The van der Waals surface area contributed by atoms with Crippen molar-refractivity contribution in [1.82, 2.24) is 4.81 Å². The highest BCUT2D eigenvalue weighted by atomic mass is 16.4. The summed E-state index contributed by atoms with van der Waals surface area (Å²) in [5, 5.41) is 0. The van der Waals surface area contributed by atoms with Crippen LogP contribution in [-0.2, 0) is 4.65 Å². The largest absolute Gasteiger partial charge is 0.444 e. The van der Waals surface area contributed by atoms with E-state index >= 15 is 0 Å². The van der Waals surface area contributed by atoms with Gasteiger partial charge in [-0.2, -0.15) is 0 Å². The van der Waals surface area contributed by atoms with Crippen LogP contribution in [0.25, 0.3) is 0 Å². The van der Waals surface area contributed by atoms with E-state index in [0.717, 1.165) is 0 Å². The van der Waals surface area contributed by atoms with E-state index < -0.39 is 0 Å². The molecule has 0 saturated heterocycles. The number of allylic oxidation sites excluding steroid dienone is 2. The van der Waals surface area contributed by atoms with Gasteiger partial charge in [0.25, 0.3) is 0 Å². The lowest BCUT2D eigenvalue weighted by Crippen LogP contribution is -2.48. The summed E-state index contributed by atoms with van der Waals surface area (Å²) < 4.78 is 5.32. The van der Waals surface area contributed by atoms with E-state index in [1.54, 1.807) is 7.11 Å². The molecule has 1 rings (SSSR count). The number of rotatable bonds is 1. The quantitative estimate of drug-likeness (QED) is 0.549. The average Bonchev–Trinajstić information content (AvgIpc) is 2.03. The molecule has 0 radical (unpaired) electrons. The normalized spacial score (nSPS) is 17.3. The predicted octanol–water partition coefficient (Wildman–Crippen LogP) is 1.84. The van der Waals surface area contributed by atoms with Gasteiger partial charge in [-0.05, 0) is 33.0 Å². The van der Waals surface area contributed by atoms with Crippen molar-refractivity contribution in [3.63, 3.8) is 0 Å². The van der Waals surface area contributed by atoms with Crippen LogP contribution in [-0.4, -0.2) is 24.5 Å². The van der Waals surface area contributed by atoms with Gasteiger partial charge in [0.05, 0.1) is 0 Å².